The van der Waals surface area contributed by atoms with Crippen LogP contribution in [0.25, 0.3) is 0 Å². The van der Waals surface area contributed by atoms with Gasteiger partial charge in [0, 0.05) is 27.6 Å². The zero-order valence-electron chi connectivity index (χ0n) is 20.6. The molecule has 3 aromatic rings. The zero-order chi connectivity index (χ0) is 27.0. The molecule has 0 saturated heterocycles. The highest BCUT2D eigenvalue weighted by Crippen LogP contribution is 2.22. The summed E-state index contributed by atoms with van der Waals surface area (Å²) in [6, 6.07) is 23.0. The van der Waals surface area contributed by atoms with Crippen molar-refractivity contribution in [2.24, 2.45) is 0 Å². The average Bonchev–Trinajstić information content (AvgIpc) is 2.86. The van der Waals surface area contributed by atoms with Gasteiger partial charge in [-0.05, 0) is 77.0 Å². The van der Waals surface area contributed by atoms with E-state index in [1.54, 1.807) is 24.3 Å². The number of carbonyl (C=O) groups excluding carboxylic acids is 2. The molecule has 0 bridgehead atoms. The lowest BCUT2D eigenvalue weighted by Gasteiger charge is -2.33. The van der Waals surface area contributed by atoms with Crippen molar-refractivity contribution in [1.29, 1.82) is 0 Å². The molecule has 3 aromatic carbocycles. The predicted octanol–water partition coefficient (Wildman–Crippen LogP) is 4.60. The fourth-order valence-electron chi connectivity index (χ4n) is 3.85. The van der Waals surface area contributed by atoms with Crippen LogP contribution in [0.3, 0.4) is 0 Å². The van der Waals surface area contributed by atoms with Crippen molar-refractivity contribution < 1.29 is 18.0 Å². The Labute approximate surface area is 240 Å². The first-order valence-corrected chi connectivity index (χ1v) is 15.4. The van der Waals surface area contributed by atoms with Gasteiger partial charge in [-0.2, -0.15) is 0 Å². The summed E-state index contributed by atoms with van der Waals surface area (Å²) in [6.07, 6.45) is 1.36. The van der Waals surface area contributed by atoms with Crippen LogP contribution in [0.2, 0.25) is 0 Å². The van der Waals surface area contributed by atoms with Gasteiger partial charge >= 0.3 is 0 Å². The number of amides is 2. The van der Waals surface area contributed by atoms with Crippen molar-refractivity contribution in [1.82, 2.24) is 10.2 Å². The number of hydrogen-bond acceptors (Lipinski definition) is 4. The van der Waals surface area contributed by atoms with Crippen molar-refractivity contribution in [2.45, 2.75) is 25.9 Å². The molecule has 1 atom stereocenters. The van der Waals surface area contributed by atoms with E-state index >= 15 is 0 Å². The Hall–Kier alpha value is -2.44. The first-order chi connectivity index (χ1) is 17.6. The third kappa shape index (κ3) is 8.54. The van der Waals surface area contributed by atoms with E-state index in [-0.39, 0.29) is 18.9 Å². The van der Waals surface area contributed by atoms with Crippen molar-refractivity contribution in [3.63, 3.8) is 0 Å². The quantitative estimate of drug-likeness (QED) is 0.297. The molecule has 0 aromatic heterocycles. The minimum atomic E-state index is -3.78. The van der Waals surface area contributed by atoms with Crippen LogP contribution in [0, 0.1) is 3.57 Å². The smallest absolute Gasteiger partial charge is 0.244 e. The van der Waals surface area contributed by atoms with Crippen molar-refractivity contribution >= 4 is 66.0 Å². The van der Waals surface area contributed by atoms with Crippen LogP contribution < -0.4 is 9.62 Å². The van der Waals surface area contributed by atoms with Gasteiger partial charge in [0.2, 0.25) is 21.8 Å². The molecule has 0 aliphatic carbocycles. The summed E-state index contributed by atoms with van der Waals surface area (Å²) in [5.74, 6) is -0.768. The second-order valence-corrected chi connectivity index (χ2v) is 12.6. The van der Waals surface area contributed by atoms with Crippen molar-refractivity contribution in [3.8, 4) is 0 Å². The molecular weight excluding hydrogens is 669 g/mol. The standard InChI is InChI=1S/C27H29BrIN3O4S/c1-3-30-27(34)25(17-20-7-5-4-6-8-20)31(18-21-9-11-22(28)12-10-21)26(33)19-32(37(2,35)36)24-15-13-23(29)14-16-24/h4-16,25H,3,17-19H2,1-2H3,(H,30,34)/t25-/m0/s1. The highest BCUT2D eigenvalue weighted by atomic mass is 127. The maximum absolute atomic E-state index is 13.9. The van der Waals surface area contributed by atoms with Gasteiger partial charge in [0.1, 0.15) is 12.6 Å². The molecule has 0 heterocycles. The molecule has 0 radical (unpaired) electrons. The van der Waals surface area contributed by atoms with Gasteiger partial charge < -0.3 is 10.2 Å². The minimum Gasteiger partial charge on any atom is -0.355 e. The molecule has 0 spiro atoms. The third-order valence-corrected chi connectivity index (χ3v) is 8.07. The first kappa shape index (κ1) is 29.1. The minimum absolute atomic E-state index is 0.144. The predicted molar refractivity (Wildman–Crippen MR) is 159 cm³/mol. The number of anilines is 1. The first-order valence-electron chi connectivity index (χ1n) is 11.7. The van der Waals surface area contributed by atoms with E-state index in [4.69, 9.17) is 0 Å². The highest BCUT2D eigenvalue weighted by molar-refractivity contribution is 14.1. The molecule has 7 nitrogen and oxygen atoms in total. The molecule has 0 aliphatic rings. The van der Waals surface area contributed by atoms with E-state index in [9.17, 15) is 18.0 Å². The number of likely N-dealkylation sites (N-methyl/N-ethyl adjacent to an activating group) is 1. The normalized spacial score (nSPS) is 12.0. The Morgan fingerprint density at radius 2 is 1.57 bits per heavy atom. The Kier molecular flexibility index (Phi) is 10.5. The topological polar surface area (TPSA) is 86.8 Å². The molecule has 37 heavy (non-hydrogen) atoms. The van der Waals surface area contributed by atoms with Gasteiger partial charge in [-0.25, -0.2) is 8.42 Å². The fraction of sp³-hybridized carbons (Fsp3) is 0.259. The van der Waals surface area contributed by atoms with E-state index in [2.05, 4.69) is 43.8 Å². The molecule has 0 aliphatic heterocycles. The second-order valence-electron chi connectivity index (χ2n) is 8.49. The van der Waals surface area contributed by atoms with Crippen molar-refractivity contribution in [2.75, 3.05) is 23.7 Å². The van der Waals surface area contributed by atoms with Gasteiger partial charge in [0.05, 0.1) is 11.9 Å². The monoisotopic (exact) mass is 697 g/mol. The number of hydrogen-bond donors (Lipinski definition) is 1. The number of benzene rings is 3. The van der Waals surface area contributed by atoms with E-state index in [0.717, 1.165) is 29.7 Å². The average molecular weight is 698 g/mol. The fourth-order valence-corrected chi connectivity index (χ4v) is 5.33. The molecule has 2 amide bonds. The molecule has 0 fully saturated rings. The Bertz CT molecular complexity index is 1300. The summed E-state index contributed by atoms with van der Waals surface area (Å²) in [5, 5.41) is 2.84. The molecular formula is C27H29BrIN3O4S. The van der Waals surface area contributed by atoms with Crippen LogP contribution in [0.4, 0.5) is 5.69 Å². The Morgan fingerprint density at radius 3 is 2.14 bits per heavy atom. The van der Waals surface area contributed by atoms with E-state index in [1.165, 1.54) is 4.90 Å². The Morgan fingerprint density at radius 1 is 0.946 bits per heavy atom. The van der Waals surface area contributed by atoms with Gasteiger partial charge in [-0.3, -0.25) is 13.9 Å². The maximum atomic E-state index is 13.9. The lowest BCUT2D eigenvalue weighted by atomic mass is 10.0. The highest BCUT2D eigenvalue weighted by Gasteiger charge is 2.32. The van der Waals surface area contributed by atoms with E-state index in [0.29, 0.717) is 12.2 Å². The molecule has 0 saturated carbocycles. The molecule has 0 unspecified atom stereocenters. The maximum Gasteiger partial charge on any atom is 0.244 e. The van der Waals surface area contributed by atoms with Crippen LogP contribution in [-0.4, -0.2) is 50.5 Å². The summed E-state index contributed by atoms with van der Waals surface area (Å²) in [7, 11) is -3.78. The number of nitrogens with zero attached hydrogens (tertiary/aromatic N) is 2. The SMILES string of the molecule is CCNC(=O)[C@H](Cc1ccccc1)N(Cc1ccc(Br)cc1)C(=O)CN(c1ccc(I)cc1)S(C)(=O)=O. The molecule has 10 heteroatoms. The Balaban J connectivity index is 2.02. The number of nitrogens with one attached hydrogen (secondary N) is 1. The largest absolute Gasteiger partial charge is 0.355 e. The number of carbonyl (C=O) groups is 2. The molecule has 196 valence electrons. The van der Waals surface area contributed by atoms with E-state index < -0.39 is 28.5 Å². The van der Waals surface area contributed by atoms with Gasteiger partial charge in [-0.1, -0.05) is 58.4 Å². The summed E-state index contributed by atoms with van der Waals surface area (Å²) < 4.78 is 28.4. The summed E-state index contributed by atoms with van der Waals surface area (Å²) in [5.41, 5.74) is 2.10. The lowest BCUT2D eigenvalue weighted by molar-refractivity contribution is -0.140. The zero-order valence-corrected chi connectivity index (χ0v) is 25.2. The van der Waals surface area contributed by atoms with Crippen LogP contribution in [-0.2, 0) is 32.6 Å². The number of rotatable bonds is 11. The van der Waals surface area contributed by atoms with E-state index in [1.807, 2.05) is 61.5 Å². The number of halogens is 2. The van der Waals surface area contributed by atoms with Gasteiger partial charge in [-0.15, -0.1) is 0 Å². The summed E-state index contributed by atoms with van der Waals surface area (Å²) >= 11 is 5.56. The van der Waals surface area contributed by atoms with Crippen LogP contribution in [0.15, 0.2) is 83.3 Å². The molecule has 1 N–H and O–H groups in total. The van der Waals surface area contributed by atoms with Gasteiger partial charge in [0.15, 0.2) is 0 Å². The summed E-state index contributed by atoms with van der Waals surface area (Å²) in [4.78, 5) is 28.6. The second kappa shape index (κ2) is 13.4. The lowest BCUT2D eigenvalue weighted by Crippen LogP contribution is -2.53. The van der Waals surface area contributed by atoms with Crippen LogP contribution >= 0.6 is 38.5 Å². The van der Waals surface area contributed by atoms with Crippen LogP contribution in [0.5, 0.6) is 0 Å². The van der Waals surface area contributed by atoms with Crippen LogP contribution in [0.1, 0.15) is 18.1 Å². The molecule has 3 rings (SSSR count). The third-order valence-electron chi connectivity index (χ3n) is 5.68. The summed E-state index contributed by atoms with van der Waals surface area (Å²) in [6.45, 7) is 1.94. The van der Waals surface area contributed by atoms with Crippen molar-refractivity contribution in [3.05, 3.63) is 98.0 Å². The van der Waals surface area contributed by atoms with Gasteiger partial charge in [0.25, 0.3) is 0 Å². The number of sulfonamides is 1.